The summed E-state index contributed by atoms with van der Waals surface area (Å²) >= 11 is 0. The molecule has 3 aromatic rings. The highest BCUT2D eigenvalue weighted by Crippen LogP contribution is 2.54. The number of ether oxygens (including phenoxy) is 4. The summed E-state index contributed by atoms with van der Waals surface area (Å²) in [5.74, 6) is -0.695. The van der Waals surface area contributed by atoms with Gasteiger partial charge in [-0.05, 0) is 34.8 Å². The number of hydrogen-bond acceptors (Lipinski definition) is 5. The molecule has 6 rings (SSSR count). The van der Waals surface area contributed by atoms with Crippen molar-refractivity contribution in [3.63, 3.8) is 0 Å². The second kappa shape index (κ2) is 9.95. The lowest BCUT2D eigenvalue weighted by Crippen LogP contribution is -2.70. The van der Waals surface area contributed by atoms with Gasteiger partial charge in [0, 0.05) is 12.8 Å². The molecule has 3 aromatic carbocycles. The van der Waals surface area contributed by atoms with Crippen molar-refractivity contribution in [3.05, 3.63) is 96.6 Å². The maximum Gasteiger partial charge on any atom is 0.261 e. The zero-order chi connectivity index (χ0) is 27.3. The molecule has 0 aromatic heterocycles. The van der Waals surface area contributed by atoms with Gasteiger partial charge in [0.25, 0.3) is 8.32 Å². The lowest BCUT2D eigenvalue weighted by atomic mass is 9.73. The zero-order valence-electron chi connectivity index (χ0n) is 23.6. The molecule has 1 aliphatic carbocycles. The lowest BCUT2D eigenvalue weighted by molar-refractivity contribution is -0.273. The molecule has 2 aliphatic heterocycles. The van der Waals surface area contributed by atoms with E-state index in [1.165, 1.54) is 10.4 Å². The Balaban J connectivity index is 1.28. The molecule has 0 unspecified atom stereocenters. The van der Waals surface area contributed by atoms with Crippen molar-refractivity contribution in [3.8, 4) is 0 Å². The Morgan fingerprint density at radius 2 is 1.31 bits per heavy atom. The molecule has 0 N–H and O–H groups in total. The number of hydrogen-bond donors (Lipinski definition) is 0. The van der Waals surface area contributed by atoms with E-state index >= 15 is 0 Å². The average Bonchev–Trinajstić information content (AvgIpc) is 3.35. The maximum absolute atomic E-state index is 7.39. The molecule has 1 saturated carbocycles. The summed E-state index contributed by atoms with van der Waals surface area (Å²) < 4.78 is 33.1. The number of benzene rings is 3. The van der Waals surface area contributed by atoms with Crippen LogP contribution in [0.3, 0.4) is 0 Å². The smallest absolute Gasteiger partial charge is 0.261 e. The van der Waals surface area contributed by atoms with Gasteiger partial charge in [0.1, 0.15) is 17.8 Å². The molecule has 2 heterocycles. The number of fused-ring (bicyclic) bond motifs is 1. The molecule has 39 heavy (non-hydrogen) atoms. The second-order valence-electron chi connectivity index (χ2n) is 12.7. The van der Waals surface area contributed by atoms with Crippen molar-refractivity contribution >= 4 is 18.7 Å². The van der Waals surface area contributed by atoms with Crippen molar-refractivity contribution < 1.29 is 23.4 Å². The summed E-state index contributed by atoms with van der Waals surface area (Å²) in [5.41, 5.74) is 0.644. The second-order valence-corrected chi connectivity index (χ2v) is 16.9. The minimum absolute atomic E-state index is 0.0472. The molecule has 5 nitrogen and oxygen atoms in total. The summed E-state index contributed by atoms with van der Waals surface area (Å²) in [7, 11) is -2.65. The van der Waals surface area contributed by atoms with E-state index in [9.17, 15) is 0 Å². The van der Waals surface area contributed by atoms with Crippen molar-refractivity contribution in [1.82, 2.24) is 0 Å². The largest absolute Gasteiger partial charge is 0.404 e. The Morgan fingerprint density at radius 1 is 0.769 bits per heavy atom. The first kappa shape index (κ1) is 26.9. The Labute approximate surface area is 233 Å². The molecular formula is C33H40O5Si. The van der Waals surface area contributed by atoms with Gasteiger partial charge in [-0.15, -0.1) is 0 Å². The molecule has 0 bridgehead atoms. The highest BCUT2D eigenvalue weighted by atomic mass is 28.4. The third-order valence-electron chi connectivity index (χ3n) is 8.43. The van der Waals surface area contributed by atoms with Crippen LogP contribution in [0.15, 0.2) is 91.0 Å². The van der Waals surface area contributed by atoms with Crippen LogP contribution in [0, 0.1) is 0 Å². The summed E-state index contributed by atoms with van der Waals surface area (Å²) in [6.45, 7) is 11.3. The van der Waals surface area contributed by atoms with E-state index in [-0.39, 0.29) is 23.4 Å². The van der Waals surface area contributed by atoms with Crippen LogP contribution in [0.25, 0.3) is 0 Å². The highest BCUT2D eigenvalue weighted by molar-refractivity contribution is 6.99. The first-order chi connectivity index (χ1) is 18.6. The van der Waals surface area contributed by atoms with Crippen LogP contribution < -0.4 is 10.4 Å². The highest BCUT2D eigenvalue weighted by Gasteiger charge is 2.68. The van der Waals surface area contributed by atoms with Crippen LogP contribution in [0.2, 0.25) is 5.04 Å². The topological polar surface area (TPSA) is 46.2 Å². The third-order valence-corrected chi connectivity index (χ3v) is 13.5. The van der Waals surface area contributed by atoms with E-state index in [0.717, 1.165) is 18.4 Å². The molecule has 3 fully saturated rings. The lowest BCUT2D eigenvalue weighted by Gasteiger charge is -2.53. The Bertz CT molecular complexity index is 1210. The van der Waals surface area contributed by atoms with Crippen molar-refractivity contribution in [2.24, 2.45) is 0 Å². The summed E-state index contributed by atoms with van der Waals surface area (Å²) in [4.78, 5) is 0. The van der Waals surface area contributed by atoms with Crippen LogP contribution in [-0.2, 0) is 30.0 Å². The SMILES string of the molecule is CC1(C)O[C@H]2O[C@]3(C[C@@H](O[Si](c4ccccc4)(c4ccccc4)C(C)(C)C)C3)[C@H](OCc3ccccc3)[C@H]2O1. The van der Waals surface area contributed by atoms with Crippen molar-refractivity contribution in [2.45, 2.75) is 95.1 Å². The first-order valence-electron chi connectivity index (χ1n) is 14.1. The first-order valence-corrected chi connectivity index (χ1v) is 16.0. The van der Waals surface area contributed by atoms with E-state index in [1.807, 2.05) is 32.0 Å². The normalized spacial score (nSPS) is 29.8. The van der Waals surface area contributed by atoms with E-state index in [2.05, 4.69) is 93.6 Å². The van der Waals surface area contributed by atoms with E-state index in [1.54, 1.807) is 0 Å². The number of rotatable bonds is 7. The fourth-order valence-electron chi connectivity index (χ4n) is 6.72. The van der Waals surface area contributed by atoms with Gasteiger partial charge < -0.3 is 23.4 Å². The van der Waals surface area contributed by atoms with Gasteiger partial charge in [-0.1, -0.05) is 112 Å². The van der Waals surface area contributed by atoms with Crippen molar-refractivity contribution in [1.29, 1.82) is 0 Å². The molecule has 2 saturated heterocycles. The summed E-state index contributed by atoms with van der Waals surface area (Å²) in [6, 6.07) is 31.9. The Kier molecular flexibility index (Phi) is 6.85. The van der Waals surface area contributed by atoms with Crippen LogP contribution in [0.1, 0.15) is 53.0 Å². The average molecular weight is 545 g/mol. The molecule has 3 aliphatic rings. The van der Waals surface area contributed by atoms with Crippen LogP contribution in [0.4, 0.5) is 0 Å². The van der Waals surface area contributed by atoms with Crippen LogP contribution >= 0.6 is 0 Å². The van der Waals surface area contributed by atoms with Crippen LogP contribution in [-0.4, -0.2) is 44.3 Å². The Morgan fingerprint density at radius 3 is 1.85 bits per heavy atom. The maximum atomic E-state index is 7.39. The van der Waals surface area contributed by atoms with Gasteiger partial charge in [-0.2, -0.15) is 0 Å². The molecular weight excluding hydrogens is 504 g/mol. The van der Waals surface area contributed by atoms with Gasteiger partial charge in [-0.3, -0.25) is 0 Å². The molecule has 206 valence electrons. The quantitative estimate of drug-likeness (QED) is 0.365. The van der Waals surface area contributed by atoms with E-state index in [4.69, 9.17) is 23.4 Å². The fraction of sp³-hybridized carbons (Fsp3) is 0.455. The Hall–Kier alpha value is -2.32. The van der Waals surface area contributed by atoms with E-state index < -0.39 is 26.0 Å². The fourth-order valence-corrected chi connectivity index (χ4v) is 11.4. The molecule has 6 heteroatoms. The molecule has 0 amide bonds. The summed E-state index contributed by atoms with van der Waals surface area (Å²) in [6.07, 6.45) is 0.607. The molecule has 1 spiro atoms. The van der Waals surface area contributed by atoms with Gasteiger partial charge in [0.2, 0.25) is 0 Å². The van der Waals surface area contributed by atoms with Gasteiger partial charge >= 0.3 is 0 Å². The monoisotopic (exact) mass is 544 g/mol. The van der Waals surface area contributed by atoms with Gasteiger partial charge in [0.05, 0.1) is 12.7 Å². The third kappa shape index (κ3) is 4.81. The predicted molar refractivity (Wildman–Crippen MR) is 154 cm³/mol. The predicted octanol–water partition coefficient (Wildman–Crippen LogP) is 5.56. The minimum Gasteiger partial charge on any atom is -0.404 e. The van der Waals surface area contributed by atoms with Crippen molar-refractivity contribution in [2.75, 3.05) is 0 Å². The van der Waals surface area contributed by atoms with Gasteiger partial charge in [-0.25, -0.2) is 0 Å². The molecule has 3 atom stereocenters. The minimum atomic E-state index is -2.65. The van der Waals surface area contributed by atoms with E-state index in [0.29, 0.717) is 6.61 Å². The molecule has 0 radical (unpaired) electrons. The zero-order valence-corrected chi connectivity index (χ0v) is 24.6. The van der Waals surface area contributed by atoms with Crippen LogP contribution in [0.5, 0.6) is 0 Å². The van der Waals surface area contributed by atoms with Gasteiger partial charge in [0.15, 0.2) is 12.1 Å². The standard InChI is InChI=1S/C33H40O5Si/c1-31(2,3)39(26-17-11-7-12-18-26,27-19-13-8-14-20-27)38-25-21-33(22-25)29(34-23-24-15-9-6-10-16-24)28-30(37-33)36-32(4,5)35-28/h6-20,25,28-30H,21-23H2,1-5H3/t25-,28-,29-,30+,33+/m1/s1. The summed E-state index contributed by atoms with van der Waals surface area (Å²) in [5, 5.41) is 2.50.